The number of alkyl halides is 3. The van der Waals surface area contributed by atoms with Gasteiger partial charge in [0.25, 0.3) is 0 Å². The largest absolute Gasteiger partial charge is 0.433 e. The van der Waals surface area contributed by atoms with Crippen molar-refractivity contribution in [3.63, 3.8) is 0 Å². The maximum atomic E-state index is 12.4. The third-order valence-corrected chi connectivity index (χ3v) is 2.31. The van der Waals surface area contributed by atoms with Crippen molar-refractivity contribution in [2.24, 2.45) is 0 Å². The fourth-order valence-electron chi connectivity index (χ4n) is 1.45. The first-order chi connectivity index (χ1) is 8.55. The van der Waals surface area contributed by atoms with Gasteiger partial charge in [0, 0.05) is 0 Å². The first-order valence-corrected chi connectivity index (χ1v) is 5.33. The van der Waals surface area contributed by atoms with Crippen LogP contribution in [0.1, 0.15) is 17.0 Å². The van der Waals surface area contributed by atoms with E-state index >= 15 is 0 Å². The maximum absolute atomic E-state index is 12.4. The lowest BCUT2D eigenvalue weighted by Crippen LogP contribution is -2.07. The van der Waals surface area contributed by atoms with Crippen LogP contribution in [0.3, 0.4) is 0 Å². The van der Waals surface area contributed by atoms with Crippen molar-refractivity contribution in [3.05, 3.63) is 65.5 Å². The summed E-state index contributed by atoms with van der Waals surface area (Å²) in [7, 11) is 0. The van der Waals surface area contributed by atoms with E-state index in [2.05, 4.69) is 4.98 Å². The molecule has 0 saturated carbocycles. The minimum absolute atomic E-state index is 0.286. The van der Waals surface area contributed by atoms with E-state index in [0.717, 1.165) is 11.6 Å². The smallest absolute Gasteiger partial charge is 0.244 e. The Morgan fingerprint density at radius 2 is 1.56 bits per heavy atom. The Labute approximate surface area is 103 Å². The number of aromatic nitrogens is 1. The summed E-state index contributed by atoms with van der Waals surface area (Å²) in [6.07, 6.45) is -1.12. The lowest BCUT2D eigenvalue weighted by molar-refractivity contribution is -0.141. The van der Waals surface area contributed by atoms with Crippen LogP contribution in [0.15, 0.2) is 48.5 Å². The summed E-state index contributed by atoms with van der Waals surface area (Å²) in [6, 6.07) is 13.2. The molecule has 2 rings (SSSR count). The van der Waals surface area contributed by atoms with E-state index in [4.69, 9.17) is 0 Å². The van der Waals surface area contributed by atoms with Crippen LogP contribution >= 0.6 is 0 Å². The summed E-state index contributed by atoms with van der Waals surface area (Å²) < 4.78 is 37.3. The molecule has 0 unspecified atom stereocenters. The molecule has 0 radical (unpaired) electrons. The number of pyridine rings is 1. The Balaban J connectivity index is 2.23. The minimum Gasteiger partial charge on any atom is -0.244 e. The molecule has 4 heteroatoms. The van der Waals surface area contributed by atoms with Crippen LogP contribution in [0.5, 0.6) is 0 Å². The number of rotatable bonds is 2. The van der Waals surface area contributed by atoms with Gasteiger partial charge in [0.05, 0.1) is 5.69 Å². The standard InChI is InChI=1S/C14H10F3N/c15-14(16,17)13-8-4-7-12(18-13)10-9-11-5-2-1-3-6-11/h1-10H. The van der Waals surface area contributed by atoms with Crippen molar-refractivity contribution in [2.45, 2.75) is 6.18 Å². The van der Waals surface area contributed by atoms with Gasteiger partial charge in [-0.15, -0.1) is 0 Å². The van der Waals surface area contributed by atoms with Gasteiger partial charge >= 0.3 is 6.18 Å². The highest BCUT2D eigenvalue weighted by molar-refractivity contribution is 5.67. The molecule has 0 N–H and O–H groups in total. The minimum atomic E-state index is -4.41. The van der Waals surface area contributed by atoms with Gasteiger partial charge in [-0.3, -0.25) is 0 Å². The lowest BCUT2D eigenvalue weighted by Gasteiger charge is -2.05. The van der Waals surface area contributed by atoms with E-state index in [-0.39, 0.29) is 5.69 Å². The number of benzene rings is 1. The van der Waals surface area contributed by atoms with Crippen molar-refractivity contribution in [1.29, 1.82) is 0 Å². The van der Waals surface area contributed by atoms with E-state index in [0.29, 0.717) is 0 Å². The molecule has 1 nitrogen and oxygen atoms in total. The van der Waals surface area contributed by atoms with Crippen LogP contribution in [0.2, 0.25) is 0 Å². The Morgan fingerprint density at radius 3 is 2.22 bits per heavy atom. The van der Waals surface area contributed by atoms with Gasteiger partial charge < -0.3 is 0 Å². The summed E-state index contributed by atoms with van der Waals surface area (Å²) in [5, 5.41) is 0. The van der Waals surface area contributed by atoms with Crippen LogP contribution in [0.4, 0.5) is 13.2 Å². The molecule has 18 heavy (non-hydrogen) atoms. The lowest BCUT2D eigenvalue weighted by atomic mass is 10.2. The highest BCUT2D eigenvalue weighted by Crippen LogP contribution is 2.27. The Hall–Kier alpha value is -2.10. The molecule has 92 valence electrons. The van der Waals surface area contributed by atoms with E-state index in [1.165, 1.54) is 12.1 Å². The predicted octanol–water partition coefficient (Wildman–Crippen LogP) is 4.27. The third-order valence-electron chi connectivity index (χ3n) is 2.31. The molecular weight excluding hydrogens is 239 g/mol. The van der Waals surface area contributed by atoms with E-state index in [1.807, 2.05) is 30.3 Å². The molecule has 0 amide bonds. The quantitative estimate of drug-likeness (QED) is 0.774. The van der Waals surface area contributed by atoms with Crippen LogP contribution < -0.4 is 0 Å². The van der Waals surface area contributed by atoms with Crippen LogP contribution in [0.25, 0.3) is 12.2 Å². The van der Waals surface area contributed by atoms with Crippen molar-refractivity contribution in [1.82, 2.24) is 4.98 Å². The fourth-order valence-corrected chi connectivity index (χ4v) is 1.45. The van der Waals surface area contributed by atoms with E-state index < -0.39 is 11.9 Å². The zero-order valence-electron chi connectivity index (χ0n) is 9.35. The molecule has 1 heterocycles. The SMILES string of the molecule is FC(F)(F)c1cccc(C=Cc2ccccc2)n1. The zero-order valence-corrected chi connectivity index (χ0v) is 9.35. The summed E-state index contributed by atoms with van der Waals surface area (Å²) >= 11 is 0. The van der Waals surface area contributed by atoms with Crippen LogP contribution in [0, 0.1) is 0 Å². The summed E-state index contributed by atoms with van der Waals surface area (Å²) in [4.78, 5) is 3.55. The highest BCUT2D eigenvalue weighted by atomic mass is 19.4. The first-order valence-electron chi connectivity index (χ1n) is 5.33. The molecule has 0 atom stereocenters. The summed E-state index contributed by atoms with van der Waals surface area (Å²) in [5.41, 5.74) is 0.322. The Kier molecular flexibility index (Phi) is 3.46. The topological polar surface area (TPSA) is 12.9 Å². The highest BCUT2D eigenvalue weighted by Gasteiger charge is 2.32. The molecule has 0 saturated heterocycles. The normalized spacial score (nSPS) is 11.9. The monoisotopic (exact) mass is 249 g/mol. The molecule has 0 aliphatic rings. The number of halogens is 3. The number of hydrogen-bond acceptors (Lipinski definition) is 1. The predicted molar refractivity (Wildman–Crippen MR) is 64.6 cm³/mol. The van der Waals surface area contributed by atoms with E-state index in [1.54, 1.807) is 12.2 Å². The maximum Gasteiger partial charge on any atom is 0.433 e. The summed E-state index contributed by atoms with van der Waals surface area (Å²) in [5.74, 6) is 0. The van der Waals surface area contributed by atoms with Crippen LogP contribution in [-0.4, -0.2) is 4.98 Å². The molecular formula is C14H10F3N. The van der Waals surface area contributed by atoms with Gasteiger partial charge in [0.1, 0.15) is 5.69 Å². The van der Waals surface area contributed by atoms with Gasteiger partial charge in [-0.1, -0.05) is 42.5 Å². The van der Waals surface area contributed by atoms with Crippen molar-refractivity contribution >= 4 is 12.2 Å². The van der Waals surface area contributed by atoms with E-state index in [9.17, 15) is 13.2 Å². The van der Waals surface area contributed by atoms with Crippen molar-refractivity contribution < 1.29 is 13.2 Å². The second-order valence-electron chi connectivity index (χ2n) is 3.69. The Bertz CT molecular complexity index is 544. The van der Waals surface area contributed by atoms with Gasteiger partial charge in [-0.2, -0.15) is 13.2 Å². The number of nitrogens with zero attached hydrogens (tertiary/aromatic N) is 1. The van der Waals surface area contributed by atoms with Gasteiger partial charge in [0.2, 0.25) is 0 Å². The third kappa shape index (κ3) is 3.20. The number of hydrogen-bond donors (Lipinski definition) is 0. The second kappa shape index (κ2) is 5.04. The van der Waals surface area contributed by atoms with Crippen LogP contribution in [-0.2, 0) is 6.18 Å². The Morgan fingerprint density at radius 1 is 0.833 bits per heavy atom. The zero-order chi connectivity index (χ0) is 13.0. The van der Waals surface area contributed by atoms with Gasteiger partial charge in [0.15, 0.2) is 0 Å². The molecule has 1 aromatic heterocycles. The average Bonchev–Trinajstić information content (AvgIpc) is 2.37. The van der Waals surface area contributed by atoms with Crippen molar-refractivity contribution in [2.75, 3.05) is 0 Å². The fraction of sp³-hybridized carbons (Fsp3) is 0.0714. The van der Waals surface area contributed by atoms with Gasteiger partial charge in [-0.25, -0.2) is 4.98 Å². The van der Waals surface area contributed by atoms with Gasteiger partial charge in [-0.05, 0) is 23.8 Å². The molecule has 0 bridgehead atoms. The molecule has 0 fully saturated rings. The van der Waals surface area contributed by atoms with Crippen molar-refractivity contribution in [3.8, 4) is 0 Å². The molecule has 0 aliphatic carbocycles. The molecule has 0 spiro atoms. The summed E-state index contributed by atoms with van der Waals surface area (Å²) in [6.45, 7) is 0. The second-order valence-corrected chi connectivity index (χ2v) is 3.69. The average molecular weight is 249 g/mol. The molecule has 2 aromatic rings. The molecule has 1 aromatic carbocycles. The molecule has 0 aliphatic heterocycles. The first kappa shape index (κ1) is 12.4.